The Morgan fingerprint density at radius 2 is 2.00 bits per heavy atom. The lowest BCUT2D eigenvalue weighted by atomic mass is 10.1. The second-order valence-corrected chi connectivity index (χ2v) is 5.19. The zero-order valence-corrected chi connectivity index (χ0v) is 10.9. The van der Waals surface area contributed by atoms with Crippen LogP contribution in [0.25, 0.3) is 11.2 Å². The van der Waals surface area contributed by atoms with Gasteiger partial charge in [0.2, 0.25) is 0 Å². The quantitative estimate of drug-likeness (QED) is 0.732. The van der Waals surface area contributed by atoms with E-state index in [0.717, 1.165) is 17.4 Å². The Labute approximate surface area is 108 Å². The number of aliphatic hydroxyl groups excluding tert-OH is 1. The van der Waals surface area contributed by atoms with Crippen LogP contribution in [0.3, 0.4) is 0 Å². The average Bonchev–Trinajstić information content (AvgIpc) is 3.00. The SMILES string of the molecule is Cn1c(=O)c2[nH]c(C3CCC(O)C3)nc2n(C)c1=O. The summed E-state index contributed by atoms with van der Waals surface area (Å²) in [5.74, 6) is 0.812. The zero-order chi connectivity index (χ0) is 13.7. The molecule has 3 rings (SSSR count). The molecule has 2 aromatic rings. The highest BCUT2D eigenvalue weighted by Crippen LogP contribution is 2.33. The van der Waals surface area contributed by atoms with Gasteiger partial charge in [-0.3, -0.25) is 13.9 Å². The lowest BCUT2D eigenvalue weighted by molar-refractivity contribution is 0.181. The number of hydrogen-bond donors (Lipinski definition) is 2. The molecule has 0 aromatic carbocycles. The molecule has 7 heteroatoms. The summed E-state index contributed by atoms with van der Waals surface area (Å²) in [6.07, 6.45) is 1.94. The number of nitrogens with zero attached hydrogens (tertiary/aromatic N) is 3. The lowest BCUT2D eigenvalue weighted by Crippen LogP contribution is -2.36. The minimum Gasteiger partial charge on any atom is -0.393 e. The van der Waals surface area contributed by atoms with E-state index in [-0.39, 0.29) is 23.3 Å². The van der Waals surface area contributed by atoms with Gasteiger partial charge in [-0.2, -0.15) is 0 Å². The number of rotatable bonds is 1. The van der Waals surface area contributed by atoms with Crippen molar-refractivity contribution in [3.63, 3.8) is 0 Å². The summed E-state index contributed by atoms with van der Waals surface area (Å²) in [6, 6.07) is 0. The summed E-state index contributed by atoms with van der Waals surface area (Å²) in [7, 11) is 3.04. The molecule has 0 bridgehead atoms. The Morgan fingerprint density at radius 3 is 2.63 bits per heavy atom. The van der Waals surface area contributed by atoms with Crippen molar-refractivity contribution in [3.05, 3.63) is 26.7 Å². The number of nitrogens with one attached hydrogen (secondary N) is 1. The standard InChI is InChI=1S/C12H16N4O3/c1-15-10-8(11(18)16(2)12(15)19)13-9(14-10)6-3-4-7(17)5-6/h6-7,17H,3-5H2,1-2H3,(H,13,14). The fraction of sp³-hybridized carbons (Fsp3) is 0.583. The van der Waals surface area contributed by atoms with Crippen LogP contribution < -0.4 is 11.2 Å². The number of hydrogen-bond acceptors (Lipinski definition) is 4. The third-order valence-corrected chi connectivity index (χ3v) is 3.90. The second-order valence-electron chi connectivity index (χ2n) is 5.19. The molecule has 1 saturated carbocycles. The molecular weight excluding hydrogens is 248 g/mol. The molecule has 2 unspecified atom stereocenters. The zero-order valence-electron chi connectivity index (χ0n) is 10.9. The van der Waals surface area contributed by atoms with Crippen molar-refractivity contribution in [1.29, 1.82) is 0 Å². The van der Waals surface area contributed by atoms with Gasteiger partial charge in [0.1, 0.15) is 11.3 Å². The van der Waals surface area contributed by atoms with Crippen LogP contribution in [0.5, 0.6) is 0 Å². The van der Waals surface area contributed by atoms with Crippen molar-refractivity contribution in [1.82, 2.24) is 19.1 Å². The van der Waals surface area contributed by atoms with E-state index in [1.165, 1.54) is 11.6 Å². The van der Waals surface area contributed by atoms with Crippen molar-refractivity contribution < 1.29 is 5.11 Å². The van der Waals surface area contributed by atoms with Gasteiger partial charge in [0.25, 0.3) is 5.56 Å². The molecule has 2 aromatic heterocycles. The lowest BCUT2D eigenvalue weighted by Gasteiger charge is -2.03. The first kappa shape index (κ1) is 12.2. The molecule has 0 aliphatic heterocycles. The smallest absolute Gasteiger partial charge is 0.332 e. The minimum absolute atomic E-state index is 0.127. The van der Waals surface area contributed by atoms with Gasteiger partial charge in [-0.25, -0.2) is 9.78 Å². The van der Waals surface area contributed by atoms with Crippen LogP contribution in [0.2, 0.25) is 0 Å². The predicted octanol–water partition coefficient (Wildman–Crippen LogP) is -0.411. The van der Waals surface area contributed by atoms with Crippen molar-refractivity contribution in [2.75, 3.05) is 0 Å². The van der Waals surface area contributed by atoms with E-state index in [9.17, 15) is 14.7 Å². The molecule has 0 radical (unpaired) electrons. The molecule has 1 aliphatic rings. The Morgan fingerprint density at radius 1 is 1.26 bits per heavy atom. The number of aryl methyl sites for hydroxylation is 1. The molecular formula is C12H16N4O3. The molecule has 7 nitrogen and oxygen atoms in total. The van der Waals surface area contributed by atoms with E-state index >= 15 is 0 Å². The largest absolute Gasteiger partial charge is 0.393 e. The molecule has 19 heavy (non-hydrogen) atoms. The third-order valence-electron chi connectivity index (χ3n) is 3.90. The van der Waals surface area contributed by atoms with Crippen molar-refractivity contribution >= 4 is 11.2 Å². The highest BCUT2D eigenvalue weighted by Gasteiger charge is 2.27. The first-order valence-corrected chi connectivity index (χ1v) is 6.32. The summed E-state index contributed by atoms with van der Waals surface area (Å²) in [4.78, 5) is 31.2. The Bertz CT molecular complexity index is 755. The van der Waals surface area contributed by atoms with Crippen molar-refractivity contribution in [3.8, 4) is 0 Å². The summed E-state index contributed by atoms with van der Waals surface area (Å²) < 4.78 is 2.43. The maximum atomic E-state index is 12.0. The fourth-order valence-electron chi connectivity index (χ4n) is 2.74. The van der Waals surface area contributed by atoms with Crippen LogP contribution in [-0.4, -0.2) is 30.3 Å². The summed E-state index contributed by atoms with van der Waals surface area (Å²) >= 11 is 0. The number of imidazole rings is 1. The monoisotopic (exact) mass is 264 g/mol. The van der Waals surface area contributed by atoms with Gasteiger partial charge < -0.3 is 10.1 Å². The number of fused-ring (bicyclic) bond motifs is 1. The number of aliphatic hydroxyl groups is 1. The Kier molecular flexibility index (Phi) is 2.60. The molecule has 1 fully saturated rings. The topological polar surface area (TPSA) is 92.9 Å². The van der Waals surface area contributed by atoms with E-state index in [1.54, 1.807) is 7.05 Å². The van der Waals surface area contributed by atoms with Crippen molar-refractivity contribution in [2.24, 2.45) is 14.1 Å². The minimum atomic E-state index is -0.387. The molecule has 102 valence electrons. The van der Waals surface area contributed by atoms with Crippen LogP contribution in [0, 0.1) is 0 Å². The van der Waals surface area contributed by atoms with E-state index in [1.807, 2.05) is 0 Å². The first-order valence-electron chi connectivity index (χ1n) is 6.32. The van der Waals surface area contributed by atoms with Gasteiger partial charge in [0, 0.05) is 20.0 Å². The Balaban J connectivity index is 2.21. The molecule has 2 atom stereocenters. The van der Waals surface area contributed by atoms with Crippen LogP contribution in [0.4, 0.5) is 0 Å². The second kappa shape index (κ2) is 4.06. The van der Waals surface area contributed by atoms with Gasteiger partial charge in [0.05, 0.1) is 6.10 Å². The Hall–Kier alpha value is -1.89. The first-order chi connectivity index (χ1) is 8.99. The maximum absolute atomic E-state index is 12.0. The summed E-state index contributed by atoms with van der Waals surface area (Å²) in [5.41, 5.74) is -0.0251. The van der Waals surface area contributed by atoms with Crippen LogP contribution >= 0.6 is 0 Å². The van der Waals surface area contributed by atoms with Crippen LogP contribution in [0.15, 0.2) is 9.59 Å². The predicted molar refractivity (Wildman–Crippen MR) is 69.2 cm³/mol. The van der Waals surface area contributed by atoms with Crippen molar-refractivity contribution in [2.45, 2.75) is 31.3 Å². The normalized spacial score (nSPS) is 23.3. The molecule has 2 heterocycles. The van der Waals surface area contributed by atoms with E-state index in [4.69, 9.17) is 0 Å². The third kappa shape index (κ3) is 1.73. The van der Waals surface area contributed by atoms with Gasteiger partial charge in [-0.05, 0) is 19.3 Å². The van der Waals surface area contributed by atoms with Crippen LogP contribution in [-0.2, 0) is 14.1 Å². The molecule has 0 saturated heterocycles. The summed E-state index contributed by atoms with van der Waals surface area (Å²) in [5, 5.41) is 9.57. The highest BCUT2D eigenvalue weighted by atomic mass is 16.3. The maximum Gasteiger partial charge on any atom is 0.332 e. The number of aromatic nitrogens is 4. The van der Waals surface area contributed by atoms with E-state index in [0.29, 0.717) is 23.4 Å². The average molecular weight is 264 g/mol. The van der Waals surface area contributed by atoms with Gasteiger partial charge in [-0.15, -0.1) is 0 Å². The van der Waals surface area contributed by atoms with E-state index in [2.05, 4.69) is 9.97 Å². The molecule has 2 N–H and O–H groups in total. The van der Waals surface area contributed by atoms with Gasteiger partial charge in [0.15, 0.2) is 5.65 Å². The highest BCUT2D eigenvalue weighted by molar-refractivity contribution is 5.69. The molecule has 0 spiro atoms. The fourth-order valence-corrected chi connectivity index (χ4v) is 2.74. The summed E-state index contributed by atoms with van der Waals surface area (Å²) in [6.45, 7) is 0. The van der Waals surface area contributed by atoms with E-state index < -0.39 is 0 Å². The molecule has 0 amide bonds. The van der Waals surface area contributed by atoms with Crippen LogP contribution in [0.1, 0.15) is 31.0 Å². The molecule has 1 aliphatic carbocycles. The van der Waals surface area contributed by atoms with Gasteiger partial charge >= 0.3 is 5.69 Å². The number of aromatic amines is 1. The van der Waals surface area contributed by atoms with Gasteiger partial charge in [-0.1, -0.05) is 0 Å². The number of H-pyrrole nitrogens is 1.